The average molecular weight is 338 g/mol. The van der Waals surface area contributed by atoms with Crippen LogP contribution in [0.5, 0.6) is 0 Å². The van der Waals surface area contributed by atoms with E-state index in [-0.39, 0.29) is 0 Å². The average Bonchev–Trinajstić information content (AvgIpc) is 2.81. The van der Waals surface area contributed by atoms with Crippen molar-refractivity contribution in [2.24, 2.45) is 0 Å². The maximum Gasteiger partial charge on any atom is 0.0354 e. The quantitative estimate of drug-likeness (QED) is 0.813. The summed E-state index contributed by atoms with van der Waals surface area (Å²) >= 11 is 5.82. The van der Waals surface area contributed by atoms with Crippen LogP contribution in [0.2, 0.25) is 0 Å². The Morgan fingerprint density at radius 3 is 2.75 bits per heavy atom. The Hall–Kier alpha value is 0.230. The smallest absolute Gasteiger partial charge is 0.0354 e. The Bertz CT molecular complexity index is 297. The second kappa shape index (κ2) is 3.54. The summed E-state index contributed by atoms with van der Waals surface area (Å²) in [5, 5.41) is 3.45. The minimum Gasteiger partial charge on any atom is -0.382 e. The van der Waals surface area contributed by atoms with Crippen LogP contribution in [-0.4, -0.2) is 6.04 Å². The minimum atomic E-state index is 0.733. The molecule has 3 heteroatoms. The normalized spacial score (nSPS) is 16.2. The molecule has 64 valence electrons. The van der Waals surface area contributed by atoms with Crippen molar-refractivity contribution in [1.82, 2.24) is 0 Å². The van der Waals surface area contributed by atoms with E-state index < -0.39 is 0 Å². The van der Waals surface area contributed by atoms with E-state index in [1.165, 1.54) is 26.6 Å². The van der Waals surface area contributed by atoms with E-state index in [2.05, 4.69) is 62.0 Å². The Labute approximate surface area is 94.2 Å². The van der Waals surface area contributed by atoms with Crippen LogP contribution in [0.3, 0.4) is 0 Å². The molecule has 0 aliphatic heterocycles. The molecule has 1 fully saturated rings. The van der Waals surface area contributed by atoms with Crippen LogP contribution in [0.1, 0.15) is 12.8 Å². The van der Waals surface area contributed by atoms with Gasteiger partial charge in [-0.3, -0.25) is 0 Å². The molecule has 1 aliphatic carbocycles. The predicted octanol–water partition coefficient (Wildman–Crippen LogP) is 3.63. The molecule has 1 aromatic carbocycles. The Morgan fingerprint density at radius 1 is 1.42 bits per heavy atom. The molecule has 0 heterocycles. The summed E-state index contributed by atoms with van der Waals surface area (Å²) in [6.07, 6.45) is 2.65. The van der Waals surface area contributed by atoms with Crippen molar-refractivity contribution in [1.29, 1.82) is 0 Å². The number of nitrogens with one attached hydrogen (secondary N) is 1. The first-order chi connectivity index (χ1) is 5.75. The third-order valence-electron chi connectivity index (χ3n) is 1.87. The van der Waals surface area contributed by atoms with Crippen LogP contribution in [0, 0.1) is 3.57 Å². The molecule has 0 atom stereocenters. The zero-order chi connectivity index (χ0) is 8.55. The van der Waals surface area contributed by atoms with Crippen LogP contribution in [0.4, 0.5) is 5.69 Å². The summed E-state index contributed by atoms with van der Waals surface area (Å²) in [4.78, 5) is 0. The van der Waals surface area contributed by atoms with Gasteiger partial charge in [-0.05, 0) is 69.6 Å². The lowest BCUT2D eigenvalue weighted by Gasteiger charge is -2.05. The number of anilines is 1. The first-order valence-electron chi connectivity index (χ1n) is 3.97. The molecule has 1 saturated carbocycles. The second-order valence-corrected chi connectivity index (χ2v) is 5.06. The molecule has 0 radical (unpaired) electrons. The number of rotatable bonds is 2. The van der Waals surface area contributed by atoms with Crippen molar-refractivity contribution in [3.05, 3.63) is 26.2 Å². The summed E-state index contributed by atoms with van der Waals surface area (Å²) in [6, 6.07) is 7.12. The van der Waals surface area contributed by atoms with Gasteiger partial charge in [-0.15, -0.1) is 0 Å². The van der Waals surface area contributed by atoms with Crippen molar-refractivity contribution < 1.29 is 0 Å². The molecule has 0 spiro atoms. The van der Waals surface area contributed by atoms with Crippen LogP contribution >= 0.6 is 38.5 Å². The fraction of sp³-hybridized carbons (Fsp3) is 0.333. The van der Waals surface area contributed by atoms with E-state index in [1.807, 2.05) is 0 Å². The Balaban J connectivity index is 2.15. The van der Waals surface area contributed by atoms with Gasteiger partial charge in [0.15, 0.2) is 0 Å². The van der Waals surface area contributed by atoms with E-state index in [4.69, 9.17) is 0 Å². The Kier molecular flexibility index (Phi) is 2.60. The van der Waals surface area contributed by atoms with E-state index >= 15 is 0 Å². The molecule has 1 nitrogen and oxygen atoms in total. The maximum absolute atomic E-state index is 3.51. The second-order valence-electron chi connectivity index (χ2n) is 3.05. The van der Waals surface area contributed by atoms with Crippen molar-refractivity contribution in [3.63, 3.8) is 0 Å². The molecular weight excluding hydrogens is 329 g/mol. The molecule has 2 rings (SSSR count). The fourth-order valence-corrected chi connectivity index (χ4v) is 1.76. The van der Waals surface area contributed by atoms with Gasteiger partial charge in [-0.25, -0.2) is 0 Å². The molecule has 0 aromatic heterocycles. The maximum atomic E-state index is 3.51. The van der Waals surface area contributed by atoms with E-state index in [0.717, 1.165) is 6.04 Å². The highest BCUT2D eigenvalue weighted by Crippen LogP contribution is 2.28. The highest BCUT2D eigenvalue weighted by atomic mass is 127. The lowest BCUT2D eigenvalue weighted by molar-refractivity contribution is 1.15. The van der Waals surface area contributed by atoms with Gasteiger partial charge in [-0.2, -0.15) is 0 Å². The summed E-state index contributed by atoms with van der Waals surface area (Å²) in [6.45, 7) is 0. The number of benzene rings is 1. The molecule has 1 aliphatic rings. The number of halogens is 2. The van der Waals surface area contributed by atoms with Gasteiger partial charge in [0.05, 0.1) is 0 Å². The van der Waals surface area contributed by atoms with Crippen molar-refractivity contribution in [3.8, 4) is 0 Å². The molecule has 0 unspecified atom stereocenters. The largest absolute Gasteiger partial charge is 0.382 e. The lowest BCUT2D eigenvalue weighted by Crippen LogP contribution is -2.00. The molecule has 0 amide bonds. The molecule has 0 bridgehead atoms. The van der Waals surface area contributed by atoms with Crippen molar-refractivity contribution >= 4 is 44.2 Å². The van der Waals surface area contributed by atoms with Gasteiger partial charge in [0.1, 0.15) is 0 Å². The van der Waals surface area contributed by atoms with Crippen LogP contribution in [-0.2, 0) is 0 Å². The third-order valence-corrected chi connectivity index (χ3v) is 4.21. The molecule has 1 aromatic rings. The summed E-state index contributed by atoms with van der Waals surface area (Å²) < 4.78 is 2.43. The fourth-order valence-electron chi connectivity index (χ4n) is 1.05. The van der Waals surface area contributed by atoms with Gasteiger partial charge < -0.3 is 5.32 Å². The van der Waals surface area contributed by atoms with Gasteiger partial charge in [-0.1, -0.05) is 0 Å². The van der Waals surface area contributed by atoms with Crippen molar-refractivity contribution in [2.45, 2.75) is 18.9 Å². The Morgan fingerprint density at radius 2 is 2.17 bits per heavy atom. The SMILES string of the molecule is Brc1cc(NC2CC2)ccc1I. The lowest BCUT2D eigenvalue weighted by atomic mass is 10.3. The van der Waals surface area contributed by atoms with Crippen molar-refractivity contribution in [2.75, 3.05) is 5.32 Å². The van der Waals surface area contributed by atoms with E-state index in [1.54, 1.807) is 0 Å². The van der Waals surface area contributed by atoms with Gasteiger partial charge in [0.2, 0.25) is 0 Å². The zero-order valence-corrected chi connectivity index (χ0v) is 10.2. The first-order valence-corrected chi connectivity index (χ1v) is 5.84. The van der Waals surface area contributed by atoms with Crippen LogP contribution in [0.25, 0.3) is 0 Å². The van der Waals surface area contributed by atoms with Crippen LogP contribution in [0.15, 0.2) is 22.7 Å². The van der Waals surface area contributed by atoms with Crippen LogP contribution < -0.4 is 5.32 Å². The zero-order valence-electron chi connectivity index (χ0n) is 6.48. The summed E-state index contributed by atoms with van der Waals surface area (Å²) in [7, 11) is 0. The van der Waals surface area contributed by atoms with E-state index in [0.29, 0.717) is 0 Å². The highest BCUT2D eigenvalue weighted by Gasteiger charge is 2.20. The molecule has 0 saturated heterocycles. The first kappa shape index (κ1) is 8.81. The third kappa shape index (κ3) is 2.13. The van der Waals surface area contributed by atoms with Gasteiger partial charge >= 0.3 is 0 Å². The van der Waals surface area contributed by atoms with Gasteiger partial charge in [0.25, 0.3) is 0 Å². The number of hydrogen-bond donors (Lipinski definition) is 1. The summed E-state index contributed by atoms with van der Waals surface area (Å²) in [5.41, 5.74) is 1.23. The monoisotopic (exact) mass is 337 g/mol. The molecule has 12 heavy (non-hydrogen) atoms. The van der Waals surface area contributed by atoms with Gasteiger partial charge in [0, 0.05) is 19.8 Å². The standard InChI is InChI=1S/C9H9BrIN/c10-8-5-7(3-4-9(8)11)12-6-1-2-6/h3-6,12H,1-2H2. The molecule has 1 N–H and O–H groups in total. The summed E-state index contributed by atoms with van der Waals surface area (Å²) in [5.74, 6) is 0. The highest BCUT2D eigenvalue weighted by molar-refractivity contribution is 14.1. The van der Waals surface area contributed by atoms with E-state index in [9.17, 15) is 0 Å². The number of hydrogen-bond acceptors (Lipinski definition) is 1. The molecular formula is C9H9BrIN. The minimum absolute atomic E-state index is 0.733. The topological polar surface area (TPSA) is 12.0 Å². The predicted molar refractivity (Wildman–Crippen MR) is 63.5 cm³/mol.